The van der Waals surface area contributed by atoms with Gasteiger partial charge >= 0.3 is 0 Å². The molecule has 3 rings (SSSR count). The third-order valence-electron chi connectivity index (χ3n) is 3.48. The molecular weight excluding hydrogens is 370 g/mol. The van der Waals surface area contributed by atoms with Gasteiger partial charge in [-0.15, -0.1) is 0 Å². The Kier molecular flexibility index (Phi) is 6.14. The van der Waals surface area contributed by atoms with E-state index in [1.165, 1.54) is 11.8 Å². The van der Waals surface area contributed by atoms with Gasteiger partial charge in [0.05, 0.1) is 12.0 Å². The molecule has 1 amide bonds. The largest absolute Gasteiger partial charge is 0.493 e. The van der Waals surface area contributed by atoms with Gasteiger partial charge in [-0.2, -0.15) is 0 Å². The van der Waals surface area contributed by atoms with Crippen LogP contribution in [-0.2, 0) is 4.79 Å². The Balaban J connectivity index is 1.61. The van der Waals surface area contributed by atoms with Gasteiger partial charge in [-0.25, -0.2) is 0 Å². The van der Waals surface area contributed by atoms with Crippen LogP contribution in [0, 0.1) is 0 Å². The normalized spacial score (nSPS) is 15.0. The van der Waals surface area contributed by atoms with Gasteiger partial charge in [0.1, 0.15) is 23.3 Å². The maximum Gasteiger partial charge on any atom is 0.263 e. The van der Waals surface area contributed by atoms with E-state index >= 15 is 0 Å². The van der Waals surface area contributed by atoms with Crippen LogP contribution in [0.3, 0.4) is 0 Å². The van der Waals surface area contributed by atoms with Crippen LogP contribution in [0.4, 0.5) is 0 Å². The summed E-state index contributed by atoms with van der Waals surface area (Å²) in [6.45, 7) is 0.811. The second-order valence-electron chi connectivity index (χ2n) is 5.27. The predicted octanol–water partition coefficient (Wildman–Crippen LogP) is 3.64. The summed E-state index contributed by atoms with van der Waals surface area (Å²) in [5.74, 6) is 1.82. The molecule has 5 nitrogen and oxygen atoms in total. The molecule has 2 aromatic rings. The van der Waals surface area contributed by atoms with E-state index in [4.69, 9.17) is 26.4 Å². The van der Waals surface area contributed by atoms with Crippen LogP contribution in [0.15, 0.2) is 53.4 Å². The van der Waals surface area contributed by atoms with Crippen LogP contribution in [0.5, 0.6) is 17.2 Å². The van der Waals surface area contributed by atoms with Crippen LogP contribution >= 0.6 is 24.0 Å². The zero-order valence-corrected chi connectivity index (χ0v) is 15.7. The van der Waals surface area contributed by atoms with Crippen LogP contribution in [0.2, 0.25) is 0 Å². The zero-order chi connectivity index (χ0) is 18.4. The Labute approximate surface area is 161 Å². The van der Waals surface area contributed by atoms with Crippen molar-refractivity contribution < 1.29 is 19.0 Å². The van der Waals surface area contributed by atoms with E-state index in [1.807, 2.05) is 48.5 Å². The van der Waals surface area contributed by atoms with Gasteiger partial charge in [0.15, 0.2) is 11.5 Å². The molecule has 1 N–H and O–H groups in total. The minimum atomic E-state index is -0.183. The molecular formula is C19H17NO4S2. The number of amides is 1. The van der Waals surface area contributed by atoms with Crippen molar-refractivity contribution in [1.29, 1.82) is 0 Å². The van der Waals surface area contributed by atoms with E-state index in [0.29, 0.717) is 33.9 Å². The van der Waals surface area contributed by atoms with E-state index in [2.05, 4.69) is 5.32 Å². The maximum absolute atomic E-state index is 11.7. The quantitative estimate of drug-likeness (QED) is 0.445. The molecule has 1 fully saturated rings. The van der Waals surface area contributed by atoms with Crippen molar-refractivity contribution >= 4 is 40.3 Å². The third-order valence-corrected chi connectivity index (χ3v) is 4.64. The fourth-order valence-corrected chi connectivity index (χ4v) is 3.34. The van der Waals surface area contributed by atoms with Gasteiger partial charge in [-0.05, 0) is 35.9 Å². The van der Waals surface area contributed by atoms with Crippen LogP contribution < -0.4 is 19.5 Å². The summed E-state index contributed by atoms with van der Waals surface area (Å²) in [4.78, 5) is 12.3. The van der Waals surface area contributed by atoms with E-state index in [1.54, 1.807) is 13.2 Å². The highest BCUT2D eigenvalue weighted by Crippen LogP contribution is 2.31. The Bertz CT molecular complexity index is 837. The molecule has 1 saturated heterocycles. The Morgan fingerprint density at radius 3 is 2.54 bits per heavy atom. The lowest BCUT2D eigenvalue weighted by atomic mass is 10.2. The molecule has 7 heteroatoms. The van der Waals surface area contributed by atoms with Crippen molar-refractivity contribution in [3.63, 3.8) is 0 Å². The number of nitrogens with one attached hydrogen (secondary N) is 1. The number of methoxy groups -OCH3 is 1. The van der Waals surface area contributed by atoms with Gasteiger partial charge in [-0.1, -0.05) is 48.2 Å². The Morgan fingerprint density at radius 2 is 1.85 bits per heavy atom. The van der Waals surface area contributed by atoms with E-state index in [0.717, 1.165) is 11.3 Å². The first-order chi connectivity index (χ1) is 12.7. The first-order valence-corrected chi connectivity index (χ1v) is 9.12. The molecule has 26 heavy (non-hydrogen) atoms. The first-order valence-electron chi connectivity index (χ1n) is 7.89. The summed E-state index contributed by atoms with van der Waals surface area (Å²) in [6, 6.07) is 15.0. The summed E-state index contributed by atoms with van der Waals surface area (Å²) in [5.41, 5.74) is 0.831. The summed E-state index contributed by atoms with van der Waals surface area (Å²) < 4.78 is 17.2. The molecule has 0 spiro atoms. The molecule has 1 aliphatic heterocycles. The lowest BCUT2D eigenvalue weighted by Crippen LogP contribution is -2.17. The molecule has 0 atom stereocenters. The number of benzene rings is 2. The average Bonchev–Trinajstić information content (AvgIpc) is 2.97. The van der Waals surface area contributed by atoms with Gasteiger partial charge in [0.2, 0.25) is 0 Å². The molecule has 134 valence electrons. The number of thioether (sulfide) groups is 1. The van der Waals surface area contributed by atoms with Crippen LogP contribution in [0.1, 0.15) is 5.56 Å². The molecule has 0 unspecified atom stereocenters. The second-order valence-corrected chi connectivity index (χ2v) is 6.99. The second kappa shape index (κ2) is 8.73. The third kappa shape index (κ3) is 4.77. The smallest absolute Gasteiger partial charge is 0.263 e. The van der Waals surface area contributed by atoms with Crippen molar-refractivity contribution in [2.75, 3.05) is 20.3 Å². The number of carbonyl (C=O) groups excluding carboxylic acids is 1. The first kappa shape index (κ1) is 18.3. The molecule has 0 bridgehead atoms. The minimum Gasteiger partial charge on any atom is -0.493 e. The van der Waals surface area contributed by atoms with Crippen molar-refractivity contribution in [3.05, 3.63) is 59.0 Å². The standard InChI is InChI=1S/C19H17NO4S2/c1-22-16-11-13(12-17-18(21)20-19(25)26-17)7-8-15(16)24-10-9-23-14-5-3-2-4-6-14/h2-8,11-12H,9-10H2,1H3,(H,20,21,25). The molecule has 0 aromatic heterocycles. The lowest BCUT2D eigenvalue weighted by molar-refractivity contribution is -0.115. The van der Waals surface area contributed by atoms with Crippen LogP contribution in [-0.4, -0.2) is 30.6 Å². The average molecular weight is 387 g/mol. The van der Waals surface area contributed by atoms with E-state index in [9.17, 15) is 4.79 Å². The fraction of sp³-hybridized carbons (Fsp3) is 0.158. The number of hydrogen-bond acceptors (Lipinski definition) is 6. The van der Waals surface area contributed by atoms with Crippen molar-refractivity contribution in [2.24, 2.45) is 0 Å². The Morgan fingerprint density at radius 1 is 1.08 bits per heavy atom. The number of thiocarbonyl (C=S) groups is 1. The number of carbonyl (C=O) groups is 1. The number of rotatable bonds is 7. The van der Waals surface area contributed by atoms with Crippen molar-refractivity contribution in [2.45, 2.75) is 0 Å². The minimum absolute atomic E-state index is 0.183. The molecule has 0 saturated carbocycles. The highest BCUT2D eigenvalue weighted by molar-refractivity contribution is 8.26. The molecule has 1 aliphatic rings. The topological polar surface area (TPSA) is 56.8 Å². The summed E-state index contributed by atoms with van der Waals surface area (Å²) in [5, 5.41) is 2.59. The highest BCUT2D eigenvalue weighted by atomic mass is 32.2. The SMILES string of the molecule is COc1cc(C=C2SC(=S)NC2=O)ccc1OCCOc1ccccc1. The van der Waals surface area contributed by atoms with Crippen LogP contribution in [0.25, 0.3) is 6.08 Å². The Hall–Kier alpha value is -2.51. The summed E-state index contributed by atoms with van der Waals surface area (Å²) in [6.07, 6.45) is 1.77. The van der Waals surface area contributed by atoms with E-state index in [-0.39, 0.29) is 5.91 Å². The summed E-state index contributed by atoms with van der Waals surface area (Å²) >= 11 is 6.23. The van der Waals surface area contributed by atoms with Gasteiger partial charge in [-0.3, -0.25) is 4.79 Å². The monoisotopic (exact) mass is 387 g/mol. The molecule has 2 aromatic carbocycles. The lowest BCUT2D eigenvalue weighted by Gasteiger charge is -2.12. The fourth-order valence-electron chi connectivity index (χ4n) is 2.29. The van der Waals surface area contributed by atoms with Crippen molar-refractivity contribution in [1.82, 2.24) is 5.32 Å². The maximum atomic E-state index is 11.7. The number of ether oxygens (including phenoxy) is 3. The highest BCUT2D eigenvalue weighted by Gasteiger charge is 2.22. The zero-order valence-electron chi connectivity index (χ0n) is 14.1. The van der Waals surface area contributed by atoms with E-state index < -0.39 is 0 Å². The molecule has 1 heterocycles. The number of para-hydroxylation sites is 1. The predicted molar refractivity (Wildman–Crippen MR) is 107 cm³/mol. The number of hydrogen-bond donors (Lipinski definition) is 1. The van der Waals surface area contributed by atoms with Gasteiger partial charge < -0.3 is 19.5 Å². The summed E-state index contributed by atoms with van der Waals surface area (Å²) in [7, 11) is 1.58. The van der Waals surface area contributed by atoms with Gasteiger partial charge in [0, 0.05) is 0 Å². The van der Waals surface area contributed by atoms with Crippen molar-refractivity contribution in [3.8, 4) is 17.2 Å². The molecule has 0 radical (unpaired) electrons. The molecule has 0 aliphatic carbocycles. The van der Waals surface area contributed by atoms with Gasteiger partial charge in [0.25, 0.3) is 5.91 Å².